The molecule has 2 aromatic rings. The van der Waals surface area contributed by atoms with Gasteiger partial charge in [0.05, 0.1) is 0 Å². The molecule has 1 aliphatic carbocycles. The average Bonchev–Trinajstić information content (AvgIpc) is 3.04. The third-order valence-electron chi connectivity index (χ3n) is 3.48. The molecule has 8 heteroatoms. The molecule has 2 heterocycles. The molecule has 0 spiro atoms. The number of hydrogen-bond donors (Lipinski definition) is 1. The summed E-state index contributed by atoms with van der Waals surface area (Å²) in [6.07, 6.45) is 6.57. The summed E-state index contributed by atoms with van der Waals surface area (Å²) in [4.78, 5) is 26.1. The fourth-order valence-corrected chi connectivity index (χ4v) is 3.38. The van der Waals surface area contributed by atoms with Crippen LogP contribution in [-0.2, 0) is 17.6 Å². The number of likely N-dealkylation sites (N-methyl/N-ethyl adjacent to an activating group) is 1. The van der Waals surface area contributed by atoms with Gasteiger partial charge in [0.2, 0.25) is 0 Å². The minimum atomic E-state index is -0.866. The van der Waals surface area contributed by atoms with Crippen molar-refractivity contribution in [3.63, 3.8) is 0 Å². The van der Waals surface area contributed by atoms with Gasteiger partial charge in [0, 0.05) is 0 Å². The van der Waals surface area contributed by atoms with Crippen molar-refractivity contribution in [1.82, 2.24) is 17.3 Å². The van der Waals surface area contributed by atoms with Gasteiger partial charge in [-0.3, -0.25) is 0 Å². The minimum absolute atomic E-state index is 0.0700. The van der Waals surface area contributed by atoms with Crippen LogP contribution >= 0.6 is 0 Å². The summed E-state index contributed by atoms with van der Waals surface area (Å²) in [5.41, 5.74) is 2.85. The van der Waals surface area contributed by atoms with E-state index in [4.69, 9.17) is 5.11 Å². The third kappa shape index (κ3) is 2.92. The number of carbonyl (C=O) groups is 1. The molecule has 21 heavy (non-hydrogen) atoms. The van der Waals surface area contributed by atoms with E-state index in [0.717, 1.165) is 42.0 Å². The Morgan fingerprint density at radius 1 is 1.48 bits per heavy atom. The Morgan fingerprint density at radius 3 is 2.95 bits per heavy atom. The van der Waals surface area contributed by atoms with Crippen LogP contribution in [0.2, 0.25) is 0 Å². The molecule has 0 aliphatic heterocycles. The van der Waals surface area contributed by atoms with Crippen molar-refractivity contribution in [2.75, 3.05) is 18.5 Å². The first-order chi connectivity index (χ1) is 10.0. The topological polar surface area (TPSA) is 84.1 Å². The number of hydrogen-bond acceptors (Lipinski definition) is 5. The van der Waals surface area contributed by atoms with Crippen LogP contribution < -0.4 is 4.90 Å². The first-order valence-corrected chi connectivity index (χ1v) is 8.67. The number of carboxylic acid groups (broad SMARTS) is 1. The second-order valence-corrected chi connectivity index (χ2v) is 7.42. The van der Waals surface area contributed by atoms with Gasteiger partial charge >= 0.3 is 138 Å². The van der Waals surface area contributed by atoms with E-state index in [1.54, 1.807) is 18.3 Å². The third-order valence-corrected chi connectivity index (χ3v) is 4.57. The van der Waals surface area contributed by atoms with Gasteiger partial charge in [0.15, 0.2) is 0 Å². The van der Waals surface area contributed by atoms with Crippen LogP contribution in [-0.4, -0.2) is 68.1 Å². The molecule has 0 saturated carbocycles. The molecule has 0 amide bonds. The summed E-state index contributed by atoms with van der Waals surface area (Å²) in [5.74, 6) is 0.442. The fourth-order valence-electron chi connectivity index (χ4n) is 2.57. The molecule has 0 unspecified atom stereocenters. The maximum atomic E-state index is 10.9. The van der Waals surface area contributed by atoms with Crippen molar-refractivity contribution in [2.24, 2.45) is 0 Å². The normalized spacial score (nSPS) is 13.1. The van der Waals surface area contributed by atoms with E-state index in [-0.39, 0.29) is 6.54 Å². The number of aryl methyl sites for hydroxylation is 1. The van der Waals surface area contributed by atoms with E-state index in [2.05, 4.69) is 15.0 Å². The number of fused-ring (bicyclic) bond motifs is 1. The number of imidazole rings is 1. The molecule has 0 radical (unpaired) electrons. The monoisotopic (exact) mass is 477 g/mol. The SMILES string of the molecule is CN(CC(=O)O)c1nc(-c2c[n]([Tl])cn2)nc2c1CCC2. The van der Waals surface area contributed by atoms with Gasteiger partial charge in [-0.05, 0) is 0 Å². The second kappa shape index (κ2) is 5.70. The van der Waals surface area contributed by atoms with Crippen molar-refractivity contribution in [3.8, 4) is 11.5 Å². The molecule has 1 aliphatic rings. The molecular weight excluding hydrogens is 463 g/mol. The Labute approximate surface area is 138 Å². The Hall–Kier alpha value is -1.52. The zero-order chi connectivity index (χ0) is 15.0. The van der Waals surface area contributed by atoms with Crippen molar-refractivity contribution < 1.29 is 9.90 Å². The van der Waals surface area contributed by atoms with Crippen molar-refractivity contribution in [1.29, 1.82) is 0 Å². The van der Waals surface area contributed by atoms with Crippen molar-refractivity contribution >= 4 is 37.9 Å². The molecule has 0 aromatic carbocycles. The van der Waals surface area contributed by atoms with Gasteiger partial charge in [0.25, 0.3) is 0 Å². The number of carboxylic acids is 1. The maximum absolute atomic E-state index is 10.9. The standard InChI is InChI=1S/C13H15N5O2.Tl/c1-18(6-11(19)20)13-8-3-2-4-9(8)16-12(17-13)10-5-14-7-15-10;/h5,7H,2-4,6H2,1H3,(H2,14,15,16,17,19,20);/q;+1/p-1. The average molecular weight is 477 g/mol. The summed E-state index contributed by atoms with van der Waals surface area (Å²) >= 11 is 0.653. The Bertz CT molecular complexity index is 700. The molecule has 0 bridgehead atoms. The number of anilines is 1. The first-order valence-electron chi connectivity index (χ1n) is 6.66. The zero-order valence-corrected chi connectivity index (χ0v) is 16.1. The molecule has 7 nitrogen and oxygen atoms in total. The van der Waals surface area contributed by atoms with Crippen LogP contribution in [0, 0.1) is 0 Å². The van der Waals surface area contributed by atoms with Crippen LogP contribution in [0.3, 0.4) is 0 Å². The quantitative estimate of drug-likeness (QED) is 0.639. The summed E-state index contributed by atoms with van der Waals surface area (Å²) in [6, 6.07) is 0. The summed E-state index contributed by atoms with van der Waals surface area (Å²) in [6.45, 7) is -0.0700. The first kappa shape index (κ1) is 14.4. The summed E-state index contributed by atoms with van der Waals surface area (Å²) in [5, 5.41) is 8.99. The molecule has 0 atom stereocenters. The van der Waals surface area contributed by atoms with Gasteiger partial charge < -0.3 is 0 Å². The zero-order valence-electron chi connectivity index (χ0n) is 11.7. The van der Waals surface area contributed by atoms with Gasteiger partial charge in [-0.25, -0.2) is 0 Å². The van der Waals surface area contributed by atoms with Gasteiger partial charge in [-0.1, -0.05) is 0 Å². The molecule has 1 N–H and O–H groups in total. The predicted molar refractivity (Wildman–Crippen MR) is 77.3 cm³/mol. The van der Waals surface area contributed by atoms with Crippen LogP contribution in [0.5, 0.6) is 0 Å². The fraction of sp³-hybridized carbons (Fsp3) is 0.385. The summed E-state index contributed by atoms with van der Waals surface area (Å²) < 4.78 is 2.01. The summed E-state index contributed by atoms with van der Waals surface area (Å²) in [7, 11) is 1.76. The Balaban J connectivity index is 2.06. The van der Waals surface area contributed by atoms with Crippen LogP contribution in [0.15, 0.2) is 12.5 Å². The molecule has 2 aromatic heterocycles. The van der Waals surface area contributed by atoms with E-state index in [9.17, 15) is 4.79 Å². The van der Waals surface area contributed by atoms with Gasteiger partial charge in [0.1, 0.15) is 0 Å². The van der Waals surface area contributed by atoms with E-state index in [1.165, 1.54) is 0 Å². The van der Waals surface area contributed by atoms with E-state index >= 15 is 0 Å². The Morgan fingerprint density at radius 2 is 2.29 bits per heavy atom. The molecule has 0 fully saturated rings. The van der Waals surface area contributed by atoms with Crippen LogP contribution in [0.4, 0.5) is 5.82 Å². The second-order valence-electron chi connectivity index (χ2n) is 5.11. The van der Waals surface area contributed by atoms with E-state index < -0.39 is 5.97 Å². The van der Waals surface area contributed by atoms with Crippen molar-refractivity contribution in [2.45, 2.75) is 19.3 Å². The van der Waals surface area contributed by atoms with Crippen LogP contribution in [0.25, 0.3) is 11.5 Å². The van der Waals surface area contributed by atoms with Gasteiger partial charge in [-0.15, -0.1) is 0 Å². The molecule has 106 valence electrons. The number of rotatable bonds is 4. The predicted octanol–water partition coefficient (Wildman–Crippen LogP) is 0.281. The van der Waals surface area contributed by atoms with E-state index in [1.807, 2.05) is 8.57 Å². The van der Waals surface area contributed by atoms with Crippen molar-refractivity contribution in [3.05, 3.63) is 23.8 Å². The van der Waals surface area contributed by atoms with E-state index in [0.29, 0.717) is 31.9 Å². The molecule has 0 saturated heterocycles. The number of nitrogens with zero attached hydrogens (tertiary/aromatic N) is 5. The number of aliphatic carboxylic acids is 1. The van der Waals surface area contributed by atoms with Crippen LogP contribution in [0.1, 0.15) is 17.7 Å². The molecule has 3 rings (SSSR count). The van der Waals surface area contributed by atoms with Gasteiger partial charge in [-0.2, -0.15) is 0 Å². The number of aromatic nitrogens is 4. The Kier molecular flexibility index (Phi) is 3.91. The molecular formula is C13H14N5O2Tl.